The van der Waals surface area contributed by atoms with Crippen molar-refractivity contribution in [1.29, 1.82) is 0 Å². The molecule has 0 bridgehead atoms. The van der Waals surface area contributed by atoms with Gasteiger partial charge < -0.3 is 15.2 Å². The summed E-state index contributed by atoms with van der Waals surface area (Å²) >= 11 is 0. The summed E-state index contributed by atoms with van der Waals surface area (Å²) in [6.45, 7) is 0. The Labute approximate surface area is 135 Å². The van der Waals surface area contributed by atoms with Gasteiger partial charge in [-0.05, 0) is 49.2 Å². The molecule has 0 saturated heterocycles. The molecule has 2 N–H and O–H groups in total. The lowest BCUT2D eigenvalue weighted by Gasteiger charge is -2.19. The fourth-order valence-electron chi connectivity index (χ4n) is 2.74. The smallest absolute Gasteiger partial charge is 0.267 e. The second-order valence-electron chi connectivity index (χ2n) is 6.10. The van der Waals surface area contributed by atoms with Gasteiger partial charge in [0.25, 0.3) is 5.91 Å². The lowest BCUT2D eigenvalue weighted by atomic mass is 10.2. The van der Waals surface area contributed by atoms with Gasteiger partial charge in [-0.25, -0.2) is 0 Å². The highest BCUT2D eigenvalue weighted by Crippen LogP contribution is 2.27. The normalized spacial score (nSPS) is 14.0. The van der Waals surface area contributed by atoms with Gasteiger partial charge in [0.05, 0.1) is 0 Å². The largest absolute Gasteiger partial charge is 0.351 e. The maximum Gasteiger partial charge on any atom is 0.267 e. The van der Waals surface area contributed by atoms with Gasteiger partial charge in [-0.2, -0.15) is 0 Å². The van der Waals surface area contributed by atoms with Gasteiger partial charge in [-0.3, -0.25) is 4.79 Å². The highest BCUT2D eigenvalue weighted by Gasteiger charge is 2.24. The molecule has 1 amide bonds. The summed E-state index contributed by atoms with van der Waals surface area (Å²) in [6.07, 6.45) is 2.19. The van der Waals surface area contributed by atoms with E-state index in [4.69, 9.17) is 0 Å². The van der Waals surface area contributed by atoms with Gasteiger partial charge in [-0.1, -0.05) is 18.2 Å². The summed E-state index contributed by atoms with van der Waals surface area (Å²) in [5.41, 5.74) is 3.84. The maximum atomic E-state index is 12.2. The molecule has 4 nitrogen and oxygen atoms in total. The van der Waals surface area contributed by atoms with Crippen LogP contribution in [0.1, 0.15) is 23.3 Å². The van der Waals surface area contributed by atoms with Crippen molar-refractivity contribution in [3.63, 3.8) is 0 Å². The third kappa shape index (κ3) is 2.80. The Morgan fingerprint density at radius 2 is 1.87 bits per heavy atom. The van der Waals surface area contributed by atoms with Crippen LogP contribution in [0.4, 0.5) is 11.4 Å². The number of aromatic nitrogens is 1. The molecule has 1 saturated carbocycles. The van der Waals surface area contributed by atoms with Crippen molar-refractivity contribution < 1.29 is 4.79 Å². The van der Waals surface area contributed by atoms with Crippen LogP contribution in [-0.4, -0.2) is 24.0 Å². The summed E-state index contributed by atoms with van der Waals surface area (Å²) in [5.74, 6) is -0.0123. The Hall–Kier alpha value is -2.75. The number of H-pyrrole nitrogens is 1. The molecule has 2 aromatic carbocycles. The van der Waals surface area contributed by atoms with Crippen LogP contribution < -0.4 is 10.2 Å². The van der Waals surface area contributed by atoms with Gasteiger partial charge in [0.2, 0.25) is 0 Å². The number of hydrogen-bond acceptors (Lipinski definition) is 2. The lowest BCUT2D eigenvalue weighted by molar-refractivity contribution is 0.0947. The SMILES string of the molecule is CN(c1ccccc1)c1ccc2[nH]c(C(=O)NC3CC3)cc2c1. The zero-order chi connectivity index (χ0) is 15.8. The minimum absolute atomic E-state index is 0.0123. The third-order valence-corrected chi connectivity index (χ3v) is 4.29. The molecule has 1 fully saturated rings. The number of nitrogens with one attached hydrogen (secondary N) is 2. The lowest BCUT2D eigenvalue weighted by Crippen LogP contribution is -2.25. The quantitative estimate of drug-likeness (QED) is 0.769. The van der Waals surface area contributed by atoms with Crippen molar-refractivity contribution in [2.75, 3.05) is 11.9 Å². The van der Waals surface area contributed by atoms with Crippen molar-refractivity contribution >= 4 is 28.2 Å². The molecular weight excluding hydrogens is 286 g/mol. The molecule has 116 valence electrons. The van der Waals surface area contributed by atoms with Crippen LogP contribution in [0, 0.1) is 0 Å². The summed E-state index contributed by atoms with van der Waals surface area (Å²) in [5, 5.41) is 4.06. The molecule has 1 heterocycles. The first kappa shape index (κ1) is 13.9. The van der Waals surface area contributed by atoms with E-state index in [1.807, 2.05) is 37.4 Å². The highest BCUT2D eigenvalue weighted by molar-refractivity contribution is 5.99. The Morgan fingerprint density at radius 1 is 1.09 bits per heavy atom. The molecule has 1 aliphatic carbocycles. The first-order valence-corrected chi connectivity index (χ1v) is 7.93. The molecule has 3 aromatic rings. The van der Waals surface area contributed by atoms with E-state index >= 15 is 0 Å². The maximum absolute atomic E-state index is 12.2. The Kier molecular flexibility index (Phi) is 3.30. The second-order valence-corrected chi connectivity index (χ2v) is 6.10. The Morgan fingerprint density at radius 3 is 2.61 bits per heavy atom. The van der Waals surface area contributed by atoms with E-state index in [0.717, 1.165) is 35.1 Å². The van der Waals surface area contributed by atoms with E-state index < -0.39 is 0 Å². The molecule has 23 heavy (non-hydrogen) atoms. The molecular formula is C19H19N3O. The van der Waals surface area contributed by atoms with Crippen molar-refractivity contribution in [3.05, 3.63) is 60.3 Å². The summed E-state index contributed by atoms with van der Waals surface area (Å²) in [7, 11) is 2.05. The number of anilines is 2. The van der Waals surface area contributed by atoms with Gasteiger partial charge >= 0.3 is 0 Å². The van der Waals surface area contributed by atoms with Gasteiger partial charge in [0.1, 0.15) is 5.69 Å². The van der Waals surface area contributed by atoms with Crippen LogP contribution in [-0.2, 0) is 0 Å². The minimum atomic E-state index is -0.0123. The number of hydrogen-bond donors (Lipinski definition) is 2. The van der Waals surface area contributed by atoms with E-state index in [9.17, 15) is 4.79 Å². The van der Waals surface area contributed by atoms with Gasteiger partial charge in [0.15, 0.2) is 0 Å². The predicted molar refractivity (Wildman–Crippen MR) is 93.3 cm³/mol. The predicted octanol–water partition coefficient (Wildman–Crippen LogP) is 3.83. The number of nitrogens with zero attached hydrogens (tertiary/aromatic N) is 1. The van der Waals surface area contributed by atoms with E-state index in [-0.39, 0.29) is 5.91 Å². The minimum Gasteiger partial charge on any atom is -0.351 e. The molecule has 0 aliphatic heterocycles. The number of rotatable bonds is 4. The van der Waals surface area contributed by atoms with Crippen LogP contribution in [0.2, 0.25) is 0 Å². The number of carbonyl (C=O) groups excluding carboxylic acids is 1. The molecule has 4 heteroatoms. The van der Waals surface area contributed by atoms with Crippen molar-refractivity contribution in [2.45, 2.75) is 18.9 Å². The average molecular weight is 305 g/mol. The summed E-state index contributed by atoms with van der Waals surface area (Å²) < 4.78 is 0. The molecule has 4 rings (SSSR count). The highest BCUT2D eigenvalue weighted by atomic mass is 16.2. The van der Waals surface area contributed by atoms with E-state index in [2.05, 4.69) is 39.5 Å². The number of benzene rings is 2. The fourth-order valence-corrected chi connectivity index (χ4v) is 2.74. The Bertz CT molecular complexity index is 849. The van der Waals surface area contributed by atoms with Crippen LogP contribution >= 0.6 is 0 Å². The Balaban J connectivity index is 1.63. The van der Waals surface area contributed by atoms with Gasteiger partial charge in [-0.15, -0.1) is 0 Å². The number of fused-ring (bicyclic) bond motifs is 1. The first-order chi connectivity index (χ1) is 11.2. The molecule has 1 aliphatic rings. The van der Waals surface area contributed by atoms with Crippen molar-refractivity contribution in [1.82, 2.24) is 10.3 Å². The van der Waals surface area contributed by atoms with Crippen molar-refractivity contribution in [2.24, 2.45) is 0 Å². The third-order valence-electron chi connectivity index (χ3n) is 4.29. The molecule has 1 aromatic heterocycles. The average Bonchev–Trinajstić information content (AvgIpc) is 3.29. The number of aromatic amines is 1. The summed E-state index contributed by atoms with van der Waals surface area (Å²) in [6, 6.07) is 18.7. The molecule has 0 spiro atoms. The standard InChI is InChI=1S/C19H19N3O/c1-22(15-5-3-2-4-6-15)16-9-10-17-13(11-16)12-18(21-17)19(23)20-14-7-8-14/h2-6,9-12,14,21H,7-8H2,1H3,(H,20,23). The second kappa shape index (κ2) is 5.47. The molecule has 0 atom stereocenters. The van der Waals surface area contributed by atoms with Crippen LogP contribution in [0.15, 0.2) is 54.6 Å². The van der Waals surface area contributed by atoms with E-state index in [0.29, 0.717) is 11.7 Å². The summed E-state index contributed by atoms with van der Waals surface area (Å²) in [4.78, 5) is 17.5. The van der Waals surface area contributed by atoms with Crippen LogP contribution in [0.25, 0.3) is 10.9 Å². The number of para-hydroxylation sites is 1. The van der Waals surface area contributed by atoms with Crippen LogP contribution in [0.3, 0.4) is 0 Å². The topological polar surface area (TPSA) is 48.1 Å². The van der Waals surface area contributed by atoms with Crippen LogP contribution in [0.5, 0.6) is 0 Å². The fraction of sp³-hybridized carbons (Fsp3) is 0.211. The first-order valence-electron chi connectivity index (χ1n) is 7.93. The molecule has 0 unspecified atom stereocenters. The number of amides is 1. The zero-order valence-electron chi connectivity index (χ0n) is 13.0. The number of carbonyl (C=O) groups is 1. The van der Waals surface area contributed by atoms with E-state index in [1.54, 1.807) is 0 Å². The monoisotopic (exact) mass is 305 g/mol. The van der Waals surface area contributed by atoms with E-state index in [1.165, 1.54) is 0 Å². The van der Waals surface area contributed by atoms with Gasteiger partial charge in [0, 0.05) is 35.4 Å². The molecule has 0 radical (unpaired) electrons. The zero-order valence-corrected chi connectivity index (χ0v) is 13.0. The van der Waals surface area contributed by atoms with Crippen molar-refractivity contribution in [3.8, 4) is 0 Å².